The Morgan fingerprint density at radius 1 is 1.02 bits per heavy atom. The van der Waals surface area contributed by atoms with E-state index in [-0.39, 0.29) is 23.4 Å². The highest BCUT2D eigenvalue weighted by Crippen LogP contribution is 2.41. The first-order chi connectivity index (χ1) is 20.8. The van der Waals surface area contributed by atoms with E-state index in [0.717, 1.165) is 56.9 Å². The number of halogens is 1. The first-order valence-corrected chi connectivity index (χ1v) is 15.7. The maximum atomic E-state index is 13.3. The molecule has 2 aromatic carbocycles. The lowest BCUT2D eigenvalue weighted by Gasteiger charge is -2.40. The summed E-state index contributed by atoms with van der Waals surface area (Å²) in [6.45, 7) is 6.96. The zero-order valence-electron chi connectivity index (χ0n) is 24.9. The quantitative estimate of drug-likeness (QED) is 0.311. The third-order valence-electron chi connectivity index (χ3n) is 9.22. The number of Topliss-reactive ketones (excluding diaryl/α,β-unsaturated/α-hetero) is 1. The van der Waals surface area contributed by atoms with Crippen molar-refractivity contribution in [2.75, 3.05) is 54.9 Å². The highest BCUT2D eigenvalue weighted by Gasteiger charge is 2.32. The summed E-state index contributed by atoms with van der Waals surface area (Å²) in [6.07, 6.45) is 6.28. The summed E-state index contributed by atoms with van der Waals surface area (Å²) in [5.41, 5.74) is 9.56. The molecular formula is C33H40ClN7O2. The van der Waals surface area contributed by atoms with Gasteiger partial charge in [0.2, 0.25) is 0 Å². The zero-order chi connectivity index (χ0) is 30.1. The smallest absolute Gasteiger partial charge is 0.271 e. The fourth-order valence-corrected chi connectivity index (χ4v) is 6.63. The van der Waals surface area contributed by atoms with Gasteiger partial charge in [-0.2, -0.15) is 0 Å². The van der Waals surface area contributed by atoms with E-state index < -0.39 is 5.91 Å². The molecule has 3 N–H and O–H groups in total. The van der Waals surface area contributed by atoms with Crippen LogP contribution in [0.2, 0.25) is 5.02 Å². The van der Waals surface area contributed by atoms with Crippen LogP contribution in [0.15, 0.2) is 48.7 Å². The Balaban J connectivity index is 1.16. The largest absolute Gasteiger partial charge is 0.369 e. The number of ketones is 1. The highest BCUT2D eigenvalue weighted by atomic mass is 35.5. The lowest BCUT2D eigenvalue weighted by Crippen LogP contribution is -2.44. The Labute approximate surface area is 258 Å². The summed E-state index contributed by atoms with van der Waals surface area (Å²) in [5, 5.41) is 3.83. The monoisotopic (exact) mass is 601 g/mol. The molecule has 3 heterocycles. The third kappa shape index (κ3) is 6.63. The van der Waals surface area contributed by atoms with Crippen LogP contribution in [0, 0.1) is 5.92 Å². The highest BCUT2D eigenvalue weighted by molar-refractivity contribution is 6.34. The number of carbonyl (C=O) groups excluding carboxylic acids is 2. The van der Waals surface area contributed by atoms with E-state index in [1.54, 1.807) is 6.20 Å². The molecule has 1 aliphatic carbocycles. The fourth-order valence-electron chi connectivity index (χ4n) is 6.34. The van der Waals surface area contributed by atoms with Gasteiger partial charge in [0.1, 0.15) is 5.82 Å². The van der Waals surface area contributed by atoms with Crippen molar-refractivity contribution >= 4 is 46.3 Å². The van der Waals surface area contributed by atoms with Crippen molar-refractivity contribution in [3.05, 3.63) is 70.5 Å². The Bertz CT molecular complexity index is 1490. The van der Waals surface area contributed by atoms with Crippen LogP contribution < -0.4 is 20.9 Å². The number of nitrogens with two attached hydrogens (primary N) is 1. The van der Waals surface area contributed by atoms with Crippen LogP contribution in [-0.4, -0.2) is 72.4 Å². The molecule has 0 bridgehead atoms. The van der Waals surface area contributed by atoms with Crippen molar-refractivity contribution < 1.29 is 9.59 Å². The van der Waals surface area contributed by atoms with Crippen molar-refractivity contribution in [2.45, 2.75) is 51.0 Å². The number of rotatable bonds is 9. The Morgan fingerprint density at radius 3 is 2.44 bits per heavy atom. The van der Waals surface area contributed by atoms with E-state index in [1.165, 1.54) is 18.4 Å². The van der Waals surface area contributed by atoms with E-state index in [0.29, 0.717) is 34.6 Å². The third-order valence-corrected chi connectivity index (χ3v) is 9.54. The molecule has 0 radical (unpaired) electrons. The van der Waals surface area contributed by atoms with Crippen LogP contribution in [-0.2, 0) is 0 Å². The molecule has 6 rings (SSSR count). The molecule has 3 aliphatic rings. The summed E-state index contributed by atoms with van der Waals surface area (Å²) in [6, 6.07) is 14.1. The number of likely N-dealkylation sites (N-methyl/N-ethyl adjacent to an activating group) is 1. The van der Waals surface area contributed by atoms with Gasteiger partial charge in [-0.05, 0) is 93.5 Å². The number of nitrogens with zero attached hydrogens (tertiary/aromatic N) is 5. The second-order valence-corrected chi connectivity index (χ2v) is 12.6. The molecule has 43 heavy (non-hydrogen) atoms. The standard InChI is InChI=1S/C33H40ClN7O2/c1-21-23(19-29(42)27-12-7-24(18-28(27)34)22-5-6-22)4-3-13-41(21)30-20-36-31(32(35)43)33(38-30)37-25-8-10-26(11-9-25)40-16-14-39(2)15-17-40/h7-12,18,20-23H,3-6,13-17,19H2,1-2H3,(H2,35,43)(H,37,38)/t21-,23+/m1/s1. The van der Waals surface area contributed by atoms with Gasteiger partial charge in [0, 0.05) is 62.1 Å². The number of nitrogens with one attached hydrogen (secondary N) is 1. The average molecular weight is 602 g/mol. The molecular weight excluding hydrogens is 562 g/mol. The number of hydrogen-bond acceptors (Lipinski definition) is 8. The van der Waals surface area contributed by atoms with Crippen molar-refractivity contribution in [2.24, 2.45) is 11.7 Å². The number of piperidine rings is 1. The molecule has 226 valence electrons. The van der Waals surface area contributed by atoms with Gasteiger partial charge >= 0.3 is 0 Å². The number of primary amides is 1. The van der Waals surface area contributed by atoms with E-state index >= 15 is 0 Å². The SMILES string of the molecule is C[C@@H]1[C@H](CC(=O)c2ccc(C3CC3)cc2Cl)CCCN1c1cnc(C(N)=O)c(Nc2ccc(N3CCN(C)CC3)cc2)n1. The second kappa shape index (κ2) is 12.5. The van der Waals surface area contributed by atoms with Gasteiger partial charge in [0.15, 0.2) is 17.3 Å². The van der Waals surface area contributed by atoms with Crippen molar-refractivity contribution in [1.82, 2.24) is 14.9 Å². The predicted molar refractivity (Wildman–Crippen MR) is 172 cm³/mol. The van der Waals surface area contributed by atoms with Gasteiger partial charge in [-0.1, -0.05) is 17.7 Å². The minimum atomic E-state index is -0.643. The summed E-state index contributed by atoms with van der Waals surface area (Å²) in [5.74, 6) is 1.13. The fraction of sp³-hybridized carbons (Fsp3) is 0.455. The van der Waals surface area contributed by atoms with Crippen LogP contribution >= 0.6 is 11.6 Å². The molecule has 1 saturated carbocycles. The van der Waals surface area contributed by atoms with Gasteiger partial charge in [-0.3, -0.25) is 9.59 Å². The number of benzene rings is 2. The van der Waals surface area contributed by atoms with Crippen LogP contribution in [0.25, 0.3) is 0 Å². The molecule has 1 amide bonds. The number of piperazine rings is 1. The average Bonchev–Trinajstić information content (AvgIpc) is 3.85. The molecule has 2 saturated heterocycles. The Morgan fingerprint density at radius 2 is 1.77 bits per heavy atom. The predicted octanol–water partition coefficient (Wildman–Crippen LogP) is 5.48. The molecule has 3 aromatic rings. The van der Waals surface area contributed by atoms with Gasteiger partial charge in [-0.15, -0.1) is 0 Å². The molecule has 2 atom stereocenters. The number of carbonyl (C=O) groups is 2. The number of anilines is 4. The van der Waals surface area contributed by atoms with Crippen LogP contribution in [0.5, 0.6) is 0 Å². The van der Waals surface area contributed by atoms with E-state index in [1.807, 2.05) is 24.3 Å². The van der Waals surface area contributed by atoms with Crippen molar-refractivity contribution in [1.29, 1.82) is 0 Å². The first kappa shape index (κ1) is 29.4. The van der Waals surface area contributed by atoms with Gasteiger partial charge in [0.25, 0.3) is 5.91 Å². The Hall–Kier alpha value is -3.69. The molecule has 3 fully saturated rings. The number of hydrogen-bond donors (Lipinski definition) is 2. The topological polar surface area (TPSA) is 108 Å². The molecule has 0 unspecified atom stereocenters. The van der Waals surface area contributed by atoms with E-state index in [4.69, 9.17) is 22.3 Å². The second-order valence-electron chi connectivity index (χ2n) is 12.2. The Kier molecular flexibility index (Phi) is 8.54. The summed E-state index contributed by atoms with van der Waals surface area (Å²) < 4.78 is 0. The number of amides is 1. The van der Waals surface area contributed by atoms with Gasteiger partial charge in [0.05, 0.1) is 11.2 Å². The molecule has 1 aromatic heterocycles. The summed E-state index contributed by atoms with van der Waals surface area (Å²) in [4.78, 5) is 41.7. The molecule has 9 nitrogen and oxygen atoms in total. The summed E-state index contributed by atoms with van der Waals surface area (Å²) in [7, 11) is 2.14. The zero-order valence-corrected chi connectivity index (χ0v) is 25.7. The lowest BCUT2D eigenvalue weighted by atomic mass is 9.85. The van der Waals surface area contributed by atoms with Gasteiger partial charge in [-0.25, -0.2) is 9.97 Å². The lowest BCUT2D eigenvalue weighted by molar-refractivity contribution is 0.0945. The minimum absolute atomic E-state index is 0.0478. The van der Waals surface area contributed by atoms with Crippen LogP contribution in [0.3, 0.4) is 0 Å². The maximum absolute atomic E-state index is 13.3. The van der Waals surface area contributed by atoms with E-state index in [2.05, 4.69) is 57.2 Å². The first-order valence-electron chi connectivity index (χ1n) is 15.3. The van der Waals surface area contributed by atoms with Crippen molar-refractivity contribution in [3.63, 3.8) is 0 Å². The van der Waals surface area contributed by atoms with Crippen molar-refractivity contribution in [3.8, 4) is 0 Å². The van der Waals surface area contributed by atoms with E-state index in [9.17, 15) is 9.59 Å². The molecule has 2 aliphatic heterocycles. The molecule has 0 spiro atoms. The minimum Gasteiger partial charge on any atom is -0.369 e. The molecule has 10 heteroatoms. The van der Waals surface area contributed by atoms with Crippen LogP contribution in [0.4, 0.5) is 23.0 Å². The summed E-state index contributed by atoms with van der Waals surface area (Å²) >= 11 is 6.55. The van der Waals surface area contributed by atoms with Gasteiger partial charge < -0.3 is 25.8 Å². The number of aromatic nitrogens is 2. The normalized spacial score (nSPS) is 21.1. The van der Waals surface area contributed by atoms with Crippen LogP contribution in [0.1, 0.15) is 71.4 Å². The maximum Gasteiger partial charge on any atom is 0.271 e.